The molecule has 0 unspecified atom stereocenters. The molecule has 0 aliphatic heterocycles. The van der Waals surface area contributed by atoms with Gasteiger partial charge in [0.1, 0.15) is 0 Å². The first kappa shape index (κ1) is 21.8. The molecule has 4 rings (SSSR count). The highest BCUT2D eigenvalue weighted by Crippen LogP contribution is 2.43. The number of nitrogens with one attached hydrogen (secondary N) is 4. The van der Waals surface area contributed by atoms with Gasteiger partial charge in [0.05, 0.1) is 22.8 Å². The quantitative estimate of drug-likeness (QED) is 0.378. The highest BCUT2D eigenvalue weighted by Gasteiger charge is 2.41. The molecular formula is C21H32N8Si. The predicted molar refractivity (Wildman–Crippen MR) is 122 cm³/mol. The maximum Gasteiger partial charge on any atom is 0.0635 e. The van der Waals surface area contributed by atoms with E-state index in [0.717, 1.165) is 55.8 Å². The van der Waals surface area contributed by atoms with Crippen LogP contribution >= 0.6 is 0 Å². The van der Waals surface area contributed by atoms with E-state index in [1.165, 1.54) is 16.7 Å². The Hall–Kier alpha value is -2.94. The van der Waals surface area contributed by atoms with Gasteiger partial charge >= 0.3 is 0 Å². The Morgan fingerprint density at radius 1 is 0.600 bits per heavy atom. The van der Waals surface area contributed by atoms with Gasteiger partial charge in [0.25, 0.3) is 0 Å². The fourth-order valence-corrected chi connectivity index (χ4v) is 7.00. The van der Waals surface area contributed by atoms with Gasteiger partial charge in [-0.2, -0.15) is 20.4 Å². The molecule has 0 aliphatic carbocycles. The fourth-order valence-electron chi connectivity index (χ4n) is 4.79. The van der Waals surface area contributed by atoms with Crippen LogP contribution in [0.5, 0.6) is 0 Å². The number of hydrogen-bond donors (Lipinski definition) is 4. The van der Waals surface area contributed by atoms with E-state index in [-0.39, 0.29) is 5.04 Å². The number of nitrogens with zero attached hydrogens (tertiary/aromatic N) is 4. The van der Waals surface area contributed by atoms with Crippen molar-refractivity contribution >= 4 is 10.2 Å². The van der Waals surface area contributed by atoms with E-state index in [2.05, 4.69) is 82.3 Å². The van der Waals surface area contributed by atoms with Gasteiger partial charge in [-0.3, -0.25) is 20.4 Å². The largest absolute Gasteiger partial charge is 0.283 e. The van der Waals surface area contributed by atoms with Crippen LogP contribution in [0.25, 0.3) is 0 Å². The Bertz CT molecular complexity index is 972. The fraction of sp³-hybridized carbons (Fsp3) is 0.429. The van der Waals surface area contributed by atoms with Crippen LogP contribution in [-0.4, -0.2) is 51.0 Å². The summed E-state index contributed by atoms with van der Waals surface area (Å²) >= 11 is 0. The van der Waals surface area contributed by atoms with Crippen LogP contribution in [0, 0.1) is 55.4 Å². The number of aromatic nitrogens is 8. The van der Waals surface area contributed by atoms with Crippen LogP contribution in [0.15, 0.2) is 6.07 Å². The maximum atomic E-state index is 4.46. The van der Waals surface area contributed by atoms with Crippen molar-refractivity contribution in [2.75, 3.05) is 0 Å². The minimum atomic E-state index is -0.233. The summed E-state index contributed by atoms with van der Waals surface area (Å²) in [6.07, 6.45) is 0. The predicted octanol–water partition coefficient (Wildman–Crippen LogP) is 2.39. The third kappa shape index (κ3) is 3.65. The van der Waals surface area contributed by atoms with Crippen LogP contribution in [0.3, 0.4) is 0 Å². The minimum absolute atomic E-state index is 0.233. The van der Waals surface area contributed by atoms with Crippen molar-refractivity contribution in [3.8, 4) is 0 Å². The van der Waals surface area contributed by atoms with Gasteiger partial charge in [0, 0.05) is 54.7 Å². The van der Waals surface area contributed by atoms with E-state index in [0.29, 0.717) is 0 Å². The molecule has 0 fully saturated rings. The van der Waals surface area contributed by atoms with Crippen molar-refractivity contribution in [1.82, 2.24) is 40.8 Å². The Morgan fingerprint density at radius 3 is 1.13 bits per heavy atom. The first-order valence-electron chi connectivity index (χ1n) is 10.1. The van der Waals surface area contributed by atoms with Gasteiger partial charge in [-0.05, 0) is 61.5 Å². The van der Waals surface area contributed by atoms with Gasteiger partial charge in [-0.25, -0.2) is 0 Å². The number of aromatic amines is 4. The molecule has 8 nitrogen and oxygen atoms in total. The zero-order valence-corrected chi connectivity index (χ0v) is 21.4. The normalized spacial score (nSPS) is 11.6. The van der Waals surface area contributed by atoms with Gasteiger partial charge in [-0.15, -0.1) is 0 Å². The highest BCUT2D eigenvalue weighted by molar-refractivity contribution is 6.21. The van der Waals surface area contributed by atoms with E-state index < -0.39 is 0 Å². The van der Waals surface area contributed by atoms with Gasteiger partial charge in [0.15, 0.2) is 0 Å². The van der Waals surface area contributed by atoms with E-state index in [4.69, 9.17) is 0 Å². The van der Waals surface area contributed by atoms with E-state index in [1.807, 2.05) is 19.9 Å². The molecule has 4 aromatic rings. The lowest BCUT2D eigenvalue weighted by atomic mass is 9.80. The molecule has 0 aromatic carbocycles. The lowest BCUT2D eigenvalue weighted by molar-refractivity contribution is 0.824. The average Bonchev–Trinajstić information content (AvgIpc) is 3.40. The van der Waals surface area contributed by atoms with Crippen LogP contribution in [0.2, 0.25) is 0 Å². The number of hydrogen-bond acceptors (Lipinski definition) is 4. The molecule has 0 saturated carbocycles. The molecule has 0 amide bonds. The number of aryl methyl sites for hydroxylation is 8. The zero-order chi connectivity index (χ0) is 22.2. The minimum Gasteiger partial charge on any atom is -0.283 e. The molecule has 0 saturated heterocycles. The molecule has 4 N–H and O–H groups in total. The molecule has 160 valence electrons. The van der Waals surface area contributed by atoms with E-state index in [9.17, 15) is 0 Å². The standard InChI is InChI=1S/C16H24N6Si.C5H8N2/c1-7-13(8(2)18-17-7)16(23,14-9(3)19-20-10(14)4)15-11(5)21-22-12(15)6;1-4-3-5(2)7-6-4/h1-6,23H3,(H,17,18)(H,19,20)(H,21,22);3H,1-2H3,(H,6,7). The van der Waals surface area contributed by atoms with Crippen molar-refractivity contribution in [1.29, 1.82) is 0 Å². The second-order valence-electron chi connectivity index (χ2n) is 8.24. The first-order chi connectivity index (χ1) is 14.1. The Morgan fingerprint density at radius 2 is 0.967 bits per heavy atom. The second kappa shape index (κ2) is 8.06. The molecule has 4 heterocycles. The smallest absolute Gasteiger partial charge is 0.0635 e. The maximum absolute atomic E-state index is 4.46. The average molecular weight is 425 g/mol. The summed E-state index contributed by atoms with van der Waals surface area (Å²) in [6.45, 7) is 16.4. The molecule has 0 atom stereocenters. The zero-order valence-electron chi connectivity index (χ0n) is 19.4. The summed E-state index contributed by atoms with van der Waals surface area (Å²) in [6, 6.07) is 2.00. The summed E-state index contributed by atoms with van der Waals surface area (Å²) in [5.41, 5.74) is 12.4. The van der Waals surface area contributed by atoms with Crippen LogP contribution < -0.4 is 0 Å². The van der Waals surface area contributed by atoms with Crippen molar-refractivity contribution in [2.45, 2.75) is 60.4 Å². The molecule has 0 bridgehead atoms. The Labute approximate surface area is 180 Å². The third-order valence-electron chi connectivity index (χ3n) is 5.72. The summed E-state index contributed by atoms with van der Waals surface area (Å²) in [5, 5.41) is 29.3. The van der Waals surface area contributed by atoms with Crippen LogP contribution in [0.1, 0.15) is 62.2 Å². The molecule has 9 heteroatoms. The van der Waals surface area contributed by atoms with Crippen molar-refractivity contribution in [3.05, 3.63) is 68.3 Å². The summed E-state index contributed by atoms with van der Waals surface area (Å²) in [4.78, 5) is 0. The monoisotopic (exact) mass is 424 g/mol. The molecule has 0 spiro atoms. The van der Waals surface area contributed by atoms with Crippen LogP contribution in [0.4, 0.5) is 0 Å². The SMILES string of the molecule is Cc1cc(C)[nH]n1.Cc1n[nH]c(C)c1C([SiH3])(c1c(C)n[nH]c1C)c1c(C)n[nH]c1C. The Kier molecular flexibility index (Phi) is 5.84. The topological polar surface area (TPSA) is 115 Å². The first-order valence-corrected chi connectivity index (χ1v) is 11.1. The van der Waals surface area contributed by atoms with Crippen LogP contribution in [-0.2, 0) is 5.04 Å². The van der Waals surface area contributed by atoms with Crippen molar-refractivity contribution < 1.29 is 0 Å². The van der Waals surface area contributed by atoms with Crippen molar-refractivity contribution in [3.63, 3.8) is 0 Å². The van der Waals surface area contributed by atoms with Gasteiger partial charge < -0.3 is 0 Å². The van der Waals surface area contributed by atoms with E-state index >= 15 is 0 Å². The molecule has 0 radical (unpaired) electrons. The number of rotatable bonds is 3. The Balaban J connectivity index is 0.000000310. The lowest BCUT2D eigenvalue weighted by Gasteiger charge is -2.32. The van der Waals surface area contributed by atoms with Crippen molar-refractivity contribution in [2.24, 2.45) is 0 Å². The lowest BCUT2D eigenvalue weighted by Crippen LogP contribution is -2.33. The summed E-state index contributed by atoms with van der Waals surface area (Å²) in [7, 11) is 0.889. The summed E-state index contributed by atoms with van der Waals surface area (Å²) < 4.78 is 0. The molecule has 0 aliphatic rings. The van der Waals surface area contributed by atoms with Gasteiger partial charge in [-0.1, -0.05) is 0 Å². The second-order valence-corrected chi connectivity index (χ2v) is 9.74. The summed E-state index contributed by atoms with van der Waals surface area (Å²) in [5.74, 6) is 0. The molecule has 30 heavy (non-hydrogen) atoms. The molecular weight excluding hydrogens is 392 g/mol. The highest BCUT2D eigenvalue weighted by atomic mass is 28.1. The molecule has 4 aromatic heterocycles. The number of H-pyrrole nitrogens is 4. The van der Waals surface area contributed by atoms with E-state index in [1.54, 1.807) is 0 Å². The van der Waals surface area contributed by atoms with Gasteiger partial charge in [0.2, 0.25) is 0 Å². The third-order valence-corrected chi connectivity index (χ3v) is 7.22.